The van der Waals surface area contributed by atoms with Crippen LogP contribution in [0.5, 0.6) is 0 Å². The summed E-state index contributed by atoms with van der Waals surface area (Å²) >= 11 is 0. The molecule has 0 radical (unpaired) electrons. The molecule has 25 heavy (non-hydrogen) atoms. The van der Waals surface area contributed by atoms with Gasteiger partial charge in [0.2, 0.25) is 11.8 Å². The van der Waals surface area contributed by atoms with Crippen molar-refractivity contribution in [3.05, 3.63) is 24.4 Å². The zero-order chi connectivity index (χ0) is 17.7. The van der Waals surface area contributed by atoms with Crippen LogP contribution < -0.4 is 16.0 Å². The van der Waals surface area contributed by atoms with Gasteiger partial charge in [-0.15, -0.1) is 0 Å². The Bertz CT molecular complexity index is 879. The van der Waals surface area contributed by atoms with Crippen LogP contribution in [0.1, 0.15) is 33.1 Å². The van der Waals surface area contributed by atoms with Crippen molar-refractivity contribution in [1.82, 2.24) is 4.98 Å². The van der Waals surface area contributed by atoms with Gasteiger partial charge in [0.15, 0.2) is 0 Å². The van der Waals surface area contributed by atoms with Gasteiger partial charge in [-0.05, 0) is 49.3 Å². The lowest BCUT2D eigenvalue weighted by molar-refractivity contribution is -0.118. The Morgan fingerprint density at radius 3 is 2.72 bits per heavy atom. The molecule has 0 bridgehead atoms. The number of carbonyl (C=O) groups is 2. The zero-order valence-corrected chi connectivity index (χ0v) is 14.5. The van der Waals surface area contributed by atoms with Crippen molar-refractivity contribution in [3.63, 3.8) is 0 Å². The fourth-order valence-electron chi connectivity index (χ4n) is 3.61. The third kappa shape index (κ3) is 2.81. The predicted molar refractivity (Wildman–Crippen MR) is 98.2 cm³/mol. The number of carbonyl (C=O) groups excluding carboxylic acids is 2. The molecule has 0 spiro atoms. The van der Waals surface area contributed by atoms with Gasteiger partial charge in [0, 0.05) is 41.3 Å². The normalized spacial score (nSPS) is 25.4. The molecule has 1 aromatic carbocycles. The Labute approximate surface area is 146 Å². The van der Waals surface area contributed by atoms with Crippen molar-refractivity contribution in [1.29, 1.82) is 0 Å². The number of benzene rings is 1. The summed E-state index contributed by atoms with van der Waals surface area (Å²) in [5.74, 6) is 1.21. The lowest BCUT2D eigenvalue weighted by Gasteiger charge is -2.22. The number of hydrogen-bond acceptors (Lipinski definition) is 4. The van der Waals surface area contributed by atoms with Crippen molar-refractivity contribution in [2.45, 2.75) is 39.2 Å². The summed E-state index contributed by atoms with van der Waals surface area (Å²) in [7, 11) is 0. The summed E-state index contributed by atoms with van der Waals surface area (Å²) in [5.41, 5.74) is 7.57. The molecule has 4 rings (SSSR count). The number of aromatic nitrogens is 1. The Kier molecular flexibility index (Phi) is 3.63. The molecule has 2 amide bonds. The maximum Gasteiger partial charge on any atom is 0.228 e. The van der Waals surface area contributed by atoms with Gasteiger partial charge in [0.05, 0.1) is 0 Å². The van der Waals surface area contributed by atoms with Gasteiger partial charge >= 0.3 is 0 Å². The summed E-state index contributed by atoms with van der Waals surface area (Å²) in [6.45, 7) is 4.11. The van der Waals surface area contributed by atoms with Gasteiger partial charge in [-0.1, -0.05) is 6.92 Å². The minimum atomic E-state index is 0.0202. The zero-order valence-electron chi connectivity index (χ0n) is 14.5. The first-order chi connectivity index (χ1) is 11.9. The van der Waals surface area contributed by atoms with Crippen LogP contribution in [0.15, 0.2) is 24.4 Å². The summed E-state index contributed by atoms with van der Waals surface area (Å²) in [5, 5.41) is 4.57. The molecule has 1 saturated carbocycles. The second-order valence-corrected chi connectivity index (χ2v) is 7.29. The van der Waals surface area contributed by atoms with Crippen LogP contribution in [-0.4, -0.2) is 22.8 Å². The minimum absolute atomic E-state index is 0.0202. The molecule has 3 atom stereocenters. The predicted octanol–water partition coefficient (Wildman–Crippen LogP) is 2.93. The van der Waals surface area contributed by atoms with Gasteiger partial charge in [-0.2, -0.15) is 0 Å². The van der Waals surface area contributed by atoms with Crippen LogP contribution >= 0.6 is 0 Å². The second kappa shape index (κ2) is 5.72. The Balaban J connectivity index is 1.68. The Morgan fingerprint density at radius 1 is 1.32 bits per heavy atom. The molecular formula is C19H22N4O2. The van der Waals surface area contributed by atoms with Crippen molar-refractivity contribution >= 4 is 39.8 Å². The molecule has 1 aromatic heterocycles. The molecule has 130 valence electrons. The quantitative estimate of drug-likeness (QED) is 0.842. The van der Waals surface area contributed by atoms with Crippen molar-refractivity contribution in [2.24, 2.45) is 11.8 Å². The number of rotatable bonds is 3. The Hall–Kier alpha value is -2.63. The van der Waals surface area contributed by atoms with Gasteiger partial charge in [0.25, 0.3) is 0 Å². The Morgan fingerprint density at radius 2 is 2.08 bits per heavy atom. The number of nitrogen functional groups attached to an aromatic ring is 1. The molecule has 3 N–H and O–H groups in total. The van der Waals surface area contributed by atoms with E-state index in [1.54, 1.807) is 11.1 Å². The van der Waals surface area contributed by atoms with E-state index in [9.17, 15) is 9.59 Å². The van der Waals surface area contributed by atoms with E-state index >= 15 is 0 Å². The monoisotopic (exact) mass is 338 g/mol. The lowest BCUT2D eigenvalue weighted by Crippen LogP contribution is -2.30. The molecule has 1 saturated heterocycles. The van der Waals surface area contributed by atoms with E-state index in [0.29, 0.717) is 23.8 Å². The average Bonchev–Trinajstić information content (AvgIpc) is 3.20. The standard InChI is InChI=1S/C19H22N4O2/c1-10-5-14(10)19(25)22-17-7-12-6-13(8-16(20)15(12)9-21-17)23-11(2)3-4-18(23)24/h6-11,14H,3-5,20H2,1-2H3,(H,21,22,25)/t10-,11?,14+/m0/s1. The lowest BCUT2D eigenvalue weighted by atomic mass is 10.1. The molecule has 6 heteroatoms. The number of nitrogens with zero attached hydrogens (tertiary/aromatic N) is 2. The van der Waals surface area contributed by atoms with Crippen LogP contribution in [0.25, 0.3) is 10.8 Å². The number of fused-ring (bicyclic) bond motifs is 1. The molecular weight excluding hydrogens is 316 g/mol. The van der Waals surface area contributed by atoms with Gasteiger partial charge in [-0.3, -0.25) is 9.59 Å². The number of amides is 2. The van der Waals surface area contributed by atoms with Gasteiger partial charge < -0.3 is 16.0 Å². The molecule has 2 aromatic rings. The fraction of sp³-hybridized carbons (Fsp3) is 0.421. The van der Waals surface area contributed by atoms with Crippen molar-refractivity contribution < 1.29 is 9.59 Å². The second-order valence-electron chi connectivity index (χ2n) is 7.29. The fourth-order valence-corrected chi connectivity index (χ4v) is 3.61. The molecule has 1 unspecified atom stereocenters. The molecule has 1 aliphatic heterocycles. The molecule has 2 aliphatic rings. The van der Waals surface area contributed by atoms with E-state index in [1.165, 1.54) is 0 Å². The maximum absolute atomic E-state index is 12.2. The van der Waals surface area contributed by atoms with E-state index in [0.717, 1.165) is 29.3 Å². The number of hydrogen-bond donors (Lipinski definition) is 2. The first-order valence-electron chi connectivity index (χ1n) is 8.76. The van der Waals surface area contributed by atoms with E-state index in [4.69, 9.17) is 5.73 Å². The van der Waals surface area contributed by atoms with Crippen molar-refractivity contribution in [3.8, 4) is 0 Å². The first-order valence-corrected chi connectivity index (χ1v) is 8.76. The first kappa shape index (κ1) is 15.9. The summed E-state index contributed by atoms with van der Waals surface area (Å²) < 4.78 is 0. The maximum atomic E-state index is 12.2. The number of nitrogens with one attached hydrogen (secondary N) is 1. The smallest absolute Gasteiger partial charge is 0.228 e. The number of anilines is 3. The van der Waals surface area contributed by atoms with Crippen LogP contribution in [0, 0.1) is 11.8 Å². The molecule has 2 fully saturated rings. The minimum Gasteiger partial charge on any atom is -0.398 e. The SMILES string of the molecule is CC1CCC(=O)N1c1cc(N)c2cnc(NC(=O)[C@@H]3C[C@@H]3C)cc2c1. The summed E-state index contributed by atoms with van der Waals surface area (Å²) in [6, 6.07) is 5.77. The number of pyridine rings is 1. The van der Waals surface area contributed by atoms with Crippen LogP contribution in [0.4, 0.5) is 17.2 Å². The van der Waals surface area contributed by atoms with Gasteiger partial charge in [0.1, 0.15) is 5.82 Å². The van der Waals surface area contributed by atoms with Crippen LogP contribution in [0.2, 0.25) is 0 Å². The van der Waals surface area contributed by atoms with Gasteiger partial charge in [-0.25, -0.2) is 4.98 Å². The third-order valence-corrected chi connectivity index (χ3v) is 5.31. The highest BCUT2D eigenvalue weighted by Crippen LogP contribution is 2.38. The summed E-state index contributed by atoms with van der Waals surface area (Å²) in [4.78, 5) is 30.4. The van der Waals surface area contributed by atoms with E-state index in [1.807, 2.05) is 25.1 Å². The van der Waals surface area contributed by atoms with E-state index < -0.39 is 0 Å². The highest BCUT2D eigenvalue weighted by molar-refractivity contribution is 6.03. The molecule has 6 nitrogen and oxygen atoms in total. The highest BCUT2D eigenvalue weighted by Gasteiger charge is 2.39. The molecule has 2 heterocycles. The highest BCUT2D eigenvalue weighted by atomic mass is 16.2. The average molecular weight is 338 g/mol. The van der Waals surface area contributed by atoms with E-state index in [2.05, 4.69) is 17.2 Å². The summed E-state index contributed by atoms with van der Waals surface area (Å²) in [6.07, 6.45) is 4.03. The topological polar surface area (TPSA) is 88.3 Å². The third-order valence-electron chi connectivity index (χ3n) is 5.31. The van der Waals surface area contributed by atoms with Crippen LogP contribution in [0.3, 0.4) is 0 Å². The van der Waals surface area contributed by atoms with Crippen molar-refractivity contribution in [2.75, 3.05) is 16.0 Å². The molecule has 1 aliphatic carbocycles. The largest absolute Gasteiger partial charge is 0.398 e. The number of nitrogens with two attached hydrogens (primary N) is 1. The van der Waals surface area contributed by atoms with Crippen LogP contribution in [-0.2, 0) is 9.59 Å². The van der Waals surface area contributed by atoms with E-state index in [-0.39, 0.29) is 23.8 Å².